The minimum Gasteiger partial charge on any atom is -0.253 e. The molecule has 0 unspecified atom stereocenters. The van der Waals surface area contributed by atoms with Crippen molar-refractivity contribution in [2.45, 2.75) is 0 Å². The number of fused-ring (bicyclic) bond motifs is 3. The molecule has 0 bridgehead atoms. The molecule has 2 aromatic heterocycles. The lowest BCUT2D eigenvalue weighted by molar-refractivity contribution is 1.22. The van der Waals surface area contributed by atoms with Crippen LogP contribution in [0.25, 0.3) is 21.9 Å². The lowest BCUT2D eigenvalue weighted by Gasteiger charge is -1.99. The Labute approximate surface area is 79.7 Å². The van der Waals surface area contributed by atoms with Gasteiger partial charge in [0.25, 0.3) is 0 Å². The lowest BCUT2D eigenvalue weighted by atomic mass is 10.2. The molecule has 0 aliphatic rings. The summed E-state index contributed by atoms with van der Waals surface area (Å²) in [4.78, 5) is 16.6. The van der Waals surface area contributed by atoms with Crippen LogP contribution in [0, 0.1) is 0 Å². The third-order valence-electron chi connectivity index (χ3n) is 2.12. The maximum Gasteiger partial charge on any atom is 0.116 e. The second-order valence-corrected chi connectivity index (χ2v) is 2.95. The van der Waals surface area contributed by atoms with Gasteiger partial charge in [-0.15, -0.1) is 0 Å². The molecule has 14 heavy (non-hydrogen) atoms. The van der Waals surface area contributed by atoms with Crippen LogP contribution in [0.15, 0.2) is 37.1 Å². The Morgan fingerprint density at radius 1 is 0.857 bits per heavy atom. The molecule has 4 heteroatoms. The number of nitrogens with zero attached hydrogens (tertiary/aromatic N) is 4. The van der Waals surface area contributed by atoms with E-state index in [1.54, 1.807) is 18.6 Å². The zero-order chi connectivity index (χ0) is 9.38. The minimum absolute atomic E-state index is 0.852. The van der Waals surface area contributed by atoms with Gasteiger partial charge in [0.05, 0.1) is 16.6 Å². The molecule has 0 saturated heterocycles. The van der Waals surface area contributed by atoms with Gasteiger partial charge in [-0.2, -0.15) is 0 Å². The van der Waals surface area contributed by atoms with Crippen molar-refractivity contribution in [3.05, 3.63) is 37.1 Å². The molecule has 2 heterocycles. The van der Waals surface area contributed by atoms with Gasteiger partial charge in [-0.05, 0) is 12.1 Å². The maximum atomic E-state index is 4.27. The van der Waals surface area contributed by atoms with Crippen LogP contribution in [0.3, 0.4) is 0 Å². The summed E-state index contributed by atoms with van der Waals surface area (Å²) in [7, 11) is 0. The van der Waals surface area contributed by atoms with E-state index in [1.807, 2.05) is 12.1 Å². The zero-order valence-corrected chi connectivity index (χ0v) is 7.25. The van der Waals surface area contributed by atoms with Crippen molar-refractivity contribution in [1.82, 2.24) is 19.9 Å². The topological polar surface area (TPSA) is 51.6 Å². The average Bonchev–Trinajstić information content (AvgIpc) is 2.29. The molecular weight excluding hydrogens is 176 g/mol. The Balaban J connectivity index is 2.61. The van der Waals surface area contributed by atoms with Crippen molar-refractivity contribution < 1.29 is 0 Å². The fourth-order valence-corrected chi connectivity index (χ4v) is 1.49. The summed E-state index contributed by atoms with van der Waals surface area (Å²) in [5.41, 5.74) is 2.62. The van der Waals surface area contributed by atoms with Crippen molar-refractivity contribution >= 4 is 21.9 Å². The average molecular weight is 182 g/mol. The van der Waals surface area contributed by atoms with Gasteiger partial charge in [0.2, 0.25) is 0 Å². The predicted molar refractivity (Wildman–Crippen MR) is 52.6 cm³/mol. The maximum absolute atomic E-state index is 4.27. The molecule has 0 amide bonds. The summed E-state index contributed by atoms with van der Waals surface area (Å²) in [5.74, 6) is 0. The molecule has 0 saturated carbocycles. The van der Waals surface area contributed by atoms with Crippen LogP contribution in [-0.2, 0) is 0 Å². The molecule has 0 atom stereocenters. The van der Waals surface area contributed by atoms with E-state index in [4.69, 9.17) is 0 Å². The fourth-order valence-electron chi connectivity index (χ4n) is 1.49. The van der Waals surface area contributed by atoms with E-state index in [1.165, 1.54) is 6.33 Å². The first-order valence-electron chi connectivity index (χ1n) is 4.24. The molecule has 0 fully saturated rings. The number of benzene rings is 1. The van der Waals surface area contributed by atoms with Crippen LogP contribution in [0.2, 0.25) is 0 Å². The highest BCUT2D eigenvalue weighted by molar-refractivity contribution is 6.01. The van der Waals surface area contributed by atoms with E-state index in [0.29, 0.717) is 0 Å². The van der Waals surface area contributed by atoms with E-state index in [0.717, 1.165) is 21.9 Å². The van der Waals surface area contributed by atoms with Crippen molar-refractivity contribution in [1.29, 1.82) is 0 Å². The first-order chi connectivity index (χ1) is 6.95. The van der Waals surface area contributed by atoms with Crippen molar-refractivity contribution in [2.24, 2.45) is 0 Å². The van der Waals surface area contributed by atoms with Gasteiger partial charge < -0.3 is 0 Å². The molecule has 3 rings (SSSR count). The molecule has 66 valence electrons. The number of rotatable bonds is 0. The highest BCUT2D eigenvalue weighted by Gasteiger charge is 2.01. The monoisotopic (exact) mass is 182 g/mol. The molecule has 0 N–H and O–H groups in total. The van der Waals surface area contributed by atoms with Crippen LogP contribution in [0.4, 0.5) is 0 Å². The van der Waals surface area contributed by atoms with Gasteiger partial charge in [-0.25, -0.2) is 9.97 Å². The molecule has 4 nitrogen and oxygen atoms in total. The Morgan fingerprint density at radius 3 is 2.71 bits per heavy atom. The van der Waals surface area contributed by atoms with Gasteiger partial charge in [-0.1, -0.05) is 0 Å². The van der Waals surface area contributed by atoms with E-state index >= 15 is 0 Å². The molecular formula is C10H6N4. The van der Waals surface area contributed by atoms with Crippen molar-refractivity contribution in [3.63, 3.8) is 0 Å². The predicted octanol–water partition coefficient (Wildman–Crippen LogP) is 1.57. The normalized spacial score (nSPS) is 10.9. The summed E-state index contributed by atoms with van der Waals surface area (Å²) in [5, 5.41) is 0.943. The van der Waals surface area contributed by atoms with Crippen LogP contribution >= 0.6 is 0 Å². The van der Waals surface area contributed by atoms with E-state index < -0.39 is 0 Å². The lowest BCUT2D eigenvalue weighted by Crippen LogP contribution is -1.86. The number of hydrogen-bond donors (Lipinski definition) is 0. The van der Waals surface area contributed by atoms with Gasteiger partial charge in [0.15, 0.2) is 0 Å². The summed E-state index contributed by atoms with van der Waals surface area (Å²) in [6.45, 7) is 0. The van der Waals surface area contributed by atoms with Gasteiger partial charge in [-0.3, -0.25) is 9.97 Å². The molecule has 0 aliphatic carbocycles. The summed E-state index contributed by atoms with van der Waals surface area (Å²) in [6, 6.07) is 3.84. The summed E-state index contributed by atoms with van der Waals surface area (Å²) in [6.07, 6.45) is 6.65. The first-order valence-corrected chi connectivity index (χ1v) is 4.24. The Kier molecular flexibility index (Phi) is 1.41. The number of hydrogen-bond acceptors (Lipinski definition) is 4. The van der Waals surface area contributed by atoms with Crippen LogP contribution < -0.4 is 0 Å². The third-order valence-corrected chi connectivity index (χ3v) is 2.12. The molecule has 0 aliphatic heterocycles. The van der Waals surface area contributed by atoms with Gasteiger partial charge in [0, 0.05) is 24.0 Å². The fraction of sp³-hybridized carbons (Fsp3) is 0. The Hall–Kier alpha value is -2.10. The SMILES string of the molecule is c1ncc2c(ccc3nccnc32)n1. The quantitative estimate of drug-likeness (QED) is 0.495. The Bertz CT molecular complexity index is 551. The van der Waals surface area contributed by atoms with Gasteiger partial charge >= 0.3 is 0 Å². The van der Waals surface area contributed by atoms with Crippen molar-refractivity contribution in [3.8, 4) is 0 Å². The largest absolute Gasteiger partial charge is 0.253 e. The highest BCUT2D eigenvalue weighted by atomic mass is 14.8. The van der Waals surface area contributed by atoms with Crippen LogP contribution in [-0.4, -0.2) is 19.9 Å². The smallest absolute Gasteiger partial charge is 0.116 e. The highest BCUT2D eigenvalue weighted by Crippen LogP contribution is 2.18. The van der Waals surface area contributed by atoms with E-state index in [9.17, 15) is 0 Å². The second kappa shape index (κ2) is 2.70. The zero-order valence-electron chi connectivity index (χ0n) is 7.25. The third kappa shape index (κ3) is 0.939. The summed E-state index contributed by atoms with van der Waals surface area (Å²) < 4.78 is 0. The molecule has 0 radical (unpaired) electrons. The van der Waals surface area contributed by atoms with Crippen LogP contribution in [0.1, 0.15) is 0 Å². The molecule has 1 aromatic carbocycles. The standard InChI is InChI=1S/C10H6N4/c1-2-9-10(13-4-3-12-9)7-5-11-6-14-8(1)7/h1-6H. The van der Waals surface area contributed by atoms with E-state index in [-0.39, 0.29) is 0 Å². The minimum atomic E-state index is 0.852. The summed E-state index contributed by atoms with van der Waals surface area (Å²) >= 11 is 0. The number of aromatic nitrogens is 4. The molecule has 3 aromatic rings. The van der Waals surface area contributed by atoms with Gasteiger partial charge in [0.1, 0.15) is 6.33 Å². The second-order valence-electron chi connectivity index (χ2n) is 2.95. The van der Waals surface area contributed by atoms with Crippen LogP contribution in [0.5, 0.6) is 0 Å². The Morgan fingerprint density at radius 2 is 1.71 bits per heavy atom. The molecule has 0 spiro atoms. The van der Waals surface area contributed by atoms with Crippen molar-refractivity contribution in [2.75, 3.05) is 0 Å². The van der Waals surface area contributed by atoms with E-state index in [2.05, 4.69) is 19.9 Å². The first kappa shape index (κ1) is 7.32.